The molecule has 1 amide bonds. The summed E-state index contributed by atoms with van der Waals surface area (Å²) in [5.74, 6) is 5.86. The Morgan fingerprint density at radius 1 is 1.11 bits per heavy atom. The highest BCUT2D eigenvalue weighted by atomic mass is 79.9. The molecule has 0 saturated carbocycles. The Bertz CT molecular complexity index is 1310. The summed E-state index contributed by atoms with van der Waals surface area (Å²) >= 11 is 9.38. The molecule has 0 spiro atoms. The molecule has 8 nitrogen and oxygen atoms in total. The number of carbonyl (C=O) groups is 2. The van der Waals surface area contributed by atoms with Crippen LogP contribution in [0.4, 0.5) is 0 Å². The number of amides is 1. The topological polar surface area (TPSA) is 91.7 Å². The molecule has 10 heteroatoms. The zero-order chi connectivity index (χ0) is 27.0. The summed E-state index contributed by atoms with van der Waals surface area (Å²) in [6.45, 7) is 4.50. The molecule has 2 aromatic carbocycles. The van der Waals surface area contributed by atoms with Gasteiger partial charge in [0, 0.05) is 18.7 Å². The number of halogens is 2. The fraction of sp³-hybridized carbons (Fsp3) is 0.296. The minimum Gasteiger partial charge on any atom is -0.492 e. The number of rotatable bonds is 9. The van der Waals surface area contributed by atoms with Crippen LogP contribution in [0.25, 0.3) is 0 Å². The van der Waals surface area contributed by atoms with Crippen molar-refractivity contribution in [3.05, 3.63) is 80.8 Å². The van der Waals surface area contributed by atoms with Gasteiger partial charge >= 0.3 is 5.97 Å². The van der Waals surface area contributed by atoms with Gasteiger partial charge in [-0.2, -0.15) is 0 Å². The van der Waals surface area contributed by atoms with E-state index in [2.05, 4.69) is 38.1 Å². The smallest absolute Gasteiger partial charge is 0.337 e. The van der Waals surface area contributed by atoms with Crippen molar-refractivity contribution >= 4 is 39.4 Å². The molecule has 1 N–H and O–H groups in total. The lowest BCUT2D eigenvalue weighted by atomic mass is 10.1. The van der Waals surface area contributed by atoms with E-state index in [1.807, 2.05) is 13.8 Å². The van der Waals surface area contributed by atoms with Gasteiger partial charge in [-0.15, -0.1) is 0 Å². The highest BCUT2D eigenvalue weighted by Gasteiger charge is 2.22. The van der Waals surface area contributed by atoms with Gasteiger partial charge in [0.2, 0.25) is 0 Å². The number of imidazole rings is 1. The molecule has 0 bridgehead atoms. The zero-order valence-corrected chi connectivity index (χ0v) is 23.3. The summed E-state index contributed by atoms with van der Waals surface area (Å²) in [6, 6.07) is 13.8. The maximum absolute atomic E-state index is 13.3. The molecule has 0 aliphatic heterocycles. The molecule has 0 saturated heterocycles. The first-order chi connectivity index (χ1) is 17.6. The summed E-state index contributed by atoms with van der Waals surface area (Å²) in [5, 5.41) is 3.52. The predicted octanol–water partition coefficient (Wildman–Crippen LogP) is 4.87. The molecule has 3 aromatic rings. The normalized spacial score (nSPS) is 10.9. The van der Waals surface area contributed by atoms with E-state index in [1.165, 1.54) is 7.11 Å². The number of methoxy groups -OCH3 is 2. The van der Waals surface area contributed by atoms with Crippen molar-refractivity contribution in [1.29, 1.82) is 0 Å². The SMILES string of the molecule is COC(=O)c1ccc(CNC(=O)c2c(C#CC(C)(C)OC)nc(Br)n2CCOc2ccc(Cl)cc2)cc1. The highest BCUT2D eigenvalue weighted by molar-refractivity contribution is 9.10. The van der Waals surface area contributed by atoms with E-state index < -0.39 is 11.6 Å². The lowest BCUT2D eigenvalue weighted by molar-refractivity contribution is 0.0600. The number of nitrogens with zero attached hydrogens (tertiary/aromatic N) is 2. The van der Waals surface area contributed by atoms with Crippen LogP contribution < -0.4 is 10.1 Å². The Kier molecular flexibility index (Phi) is 9.75. The van der Waals surface area contributed by atoms with Gasteiger partial charge in [-0.05, 0) is 77.7 Å². The van der Waals surface area contributed by atoms with E-state index >= 15 is 0 Å². The van der Waals surface area contributed by atoms with E-state index in [0.717, 1.165) is 5.56 Å². The van der Waals surface area contributed by atoms with E-state index in [0.29, 0.717) is 33.3 Å². The van der Waals surface area contributed by atoms with Crippen LogP contribution in [0.2, 0.25) is 5.02 Å². The molecular weight excluding hydrogens is 562 g/mol. The van der Waals surface area contributed by atoms with Crippen molar-refractivity contribution in [2.24, 2.45) is 0 Å². The number of hydrogen-bond donors (Lipinski definition) is 1. The third kappa shape index (κ3) is 7.83. The number of carbonyl (C=O) groups excluding carboxylic acids is 2. The van der Waals surface area contributed by atoms with Crippen molar-refractivity contribution in [2.45, 2.75) is 32.5 Å². The monoisotopic (exact) mass is 587 g/mol. The van der Waals surface area contributed by atoms with E-state index in [1.54, 1.807) is 60.2 Å². The second kappa shape index (κ2) is 12.8. The maximum Gasteiger partial charge on any atom is 0.337 e. The molecule has 1 heterocycles. The number of hydrogen-bond acceptors (Lipinski definition) is 6. The van der Waals surface area contributed by atoms with Crippen molar-refractivity contribution in [2.75, 3.05) is 20.8 Å². The Labute approximate surface area is 229 Å². The number of aromatic nitrogens is 2. The standard InChI is InChI=1S/C27H27BrClN3O5/c1-27(2,36-4)14-13-22-23(24(33)30-17-18-5-7-19(8-6-18)25(34)35-3)32(26(28)31-22)15-16-37-21-11-9-20(29)10-12-21/h5-12H,15-17H2,1-4H3,(H,30,33). The van der Waals surface area contributed by atoms with E-state index in [4.69, 9.17) is 25.8 Å². The van der Waals surface area contributed by atoms with Gasteiger partial charge in [0.25, 0.3) is 5.91 Å². The van der Waals surface area contributed by atoms with Gasteiger partial charge in [0.05, 0.1) is 19.2 Å². The molecule has 1 aromatic heterocycles. The van der Waals surface area contributed by atoms with Crippen LogP contribution in [0, 0.1) is 11.8 Å². The van der Waals surface area contributed by atoms with Crippen LogP contribution in [0.1, 0.15) is 46.0 Å². The predicted molar refractivity (Wildman–Crippen MR) is 144 cm³/mol. The first-order valence-corrected chi connectivity index (χ1v) is 12.5. The molecule has 37 heavy (non-hydrogen) atoms. The lowest BCUT2D eigenvalue weighted by Gasteiger charge is -2.14. The highest BCUT2D eigenvalue weighted by Crippen LogP contribution is 2.20. The minimum absolute atomic E-state index is 0.237. The average molecular weight is 589 g/mol. The van der Waals surface area contributed by atoms with Crippen LogP contribution in [0.5, 0.6) is 5.75 Å². The molecule has 0 aliphatic rings. The number of benzene rings is 2. The van der Waals surface area contributed by atoms with E-state index in [-0.39, 0.29) is 24.8 Å². The molecule has 194 valence electrons. The first kappa shape index (κ1) is 28.3. The molecule has 0 aliphatic carbocycles. The third-order valence-corrected chi connectivity index (χ3v) is 6.21. The summed E-state index contributed by atoms with van der Waals surface area (Å²) in [7, 11) is 2.89. The van der Waals surface area contributed by atoms with E-state index in [9.17, 15) is 9.59 Å². The van der Waals surface area contributed by atoms with Crippen LogP contribution in [0.3, 0.4) is 0 Å². The summed E-state index contributed by atoms with van der Waals surface area (Å²) in [5.41, 5.74) is 1.12. The Hall–Kier alpha value is -3.32. The fourth-order valence-electron chi connectivity index (χ4n) is 3.14. The third-order valence-electron chi connectivity index (χ3n) is 5.35. The molecule has 0 unspecified atom stereocenters. The second-order valence-corrected chi connectivity index (χ2v) is 9.51. The fourth-order valence-corrected chi connectivity index (χ4v) is 3.79. The number of esters is 1. The Morgan fingerprint density at radius 2 is 1.78 bits per heavy atom. The minimum atomic E-state index is -0.719. The first-order valence-electron chi connectivity index (χ1n) is 11.3. The van der Waals surface area contributed by atoms with Crippen LogP contribution in [-0.4, -0.2) is 47.9 Å². The zero-order valence-electron chi connectivity index (χ0n) is 20.9. The molecular formula is C27H27BrClN3O5. The van der Waals surface area contributed by atoms with Gasteiger partial charge < -0.3 is 24.1 Å². The Morgan fingerprint density at radius 3 is 2.41 bits per heavy atom. The van der Waals surface area contributed by atoms with Gasteiger partial charge in [-0.1, -0.05) is 29.7 Å². The van der Waals surface area contributed by atoms with Crippen LogP contribution in [-0.2, 0) is 22.6 Å². The second-order valence-electron chi connectivity index (χ2n) is 8.37. The van der Waals surface area contributed by atoms with Crippen LogP contribution >= 0.6 is 27.5 Å². The Balaban J connectivity index is 1.81. The van der Waals surface area contributed by atoms with Crippen molar-refractivity contribution in [3.63, 3.8) is 0 Å². The van der Waals surface area contributed by atoms with Crippen molar-refractivity contribution < 1.29 is 23.8 Å². The largest absolute Gasteiger partial charge is 0.492 e. The van der Waals surface area contributed by atoms with Gasteiger partial charge in [0.15, 0.2) is 4.73 Å². The molecule has 0 radical (unpaired) electrons. The van der Waals surface area contributed by atoms with Gasteiger partial charge in [-0.3, -0.25) is 4.79 Å². The number of nitrogens with one attached hydrogen (secondary N) is 1. The molecule has 3 rings (SSSR count). The average Bonchev–Trinajstić information content (AvgIpc) is 3.22. The van der Waals surface area contributed by atoms with Crippen molar-refractivity contribution in [1.82, 2.24) is 14.9 Å². The maximum atomic E-state index is 13.3. The van der Waals surface area contributed by atoms with Crippen molar-refractivity contribution in [3.8, 4) is 17.6 Å². The lowest BCUT2D eigenvalue weighted by Crippen LogP contribution is -2.27. The number of ether oxygens (including phenoxy) is 3. The van der Waals surface area contributed by atoms with Gasteiger partial charge in [0.1, 0.15) is 29.3 Å². The quantitative estimate of drug-likeness (QED) is 0.283. The summed E-state index contributed by atoms with van der Waals surface area (Å²) in [6.07, 6.45) is 0. The summed E-state index contributed by atoms with van der Waals surface area (Å²) < 4.78 is 18.1. The molecule has 0 atom stereocenters. The van der Waals surface area contributed by atoms with Crippen LogP contribution in [0.15, 0.2) is 53.3 Å². The molecule has 0 fully saturated rings. The van der Waals surface area contributed by atoms with Gasteiger partial charge in [-0.25, -0.2) is 9.78 Å². The summed E-state index contributed by atoms with van der Waals surface area (Å²) in [4.78, 5) is 29.5.